The van der Waals surface area contributed by atoms with Gasteiger partial charge in [-0.3, -0.25) is 9.69 Å². The van der Waals surface area contributed by atoms with Crippen molar-refractivity contribution in [2.75, 3.05) is 24.5 Å². The number of urea groups is 1. The number of nitrogens with one attached hydrogen (secondary N) is 2. The maximum absolute atomic E-state index is 12.4. The van der Waals surface area contributed by atoms with Gasteiger partial charge in [0.1, 0.15) is 0 Å². The molecule has 0 bridgehead atoms. The summed E-state index contributed by atoms with van der Waals surface area (Å²) < 4.78 is 0. The monoisotopic (exact) mass is 340 g/mol. The molecule has 1 heterocycles. The topological polar surface area (TPSA) is 87.5 Å². The van der Waals surface area contributed by atoms with E-state index in [2.05, 4.69) is 10.6 Å². The number of hydrogen-bond acceptors (Lipinski definition) is 3. The second-order valence-electron chi connectivity index (χ2n) is 5.58. The van der Waals surface area contributed by atoms with Crippen LogP contribution in [0.5, 0.6) is 0 Å². The van der Waals surface area contributed by atoms with E-state index < -0.39 is 0 Å². The lowest BCUT2D eigenvalue weighted by atomic mass is 9.92. The Bertz CT molecular complexity index is 535. The standard InChI is InChI=1S/C16H24N4O2.ClH/c1-3-16(4-2,11-17)19-14(21)12-5-7-13(8-6-12)20-10-9-18-15(20)22;/h5-8H,3-4,9-11,17H2,1-2H3,(H,18,22)(H,19,21);1H. The Kier molecular flexibility index (Phi) is 6.84. The fraction of sp³-hybridized carbons (Fsp3) is 0.500. The van der Waals surface area contributed by atoms with Crippen molar-refractivity contribution in [3.8, 4) is 0 Å². The second kappa shape index (κ2) is 8.17. The molecular formula is C16H25ClN4O2. The summed E-state index contributed by atoms with van der Waals surface area (Å²) in [5, 5.41) is 5.79. The first-order chi connectivity index (χ1) is 10.5. The number of nitrogens with two attached hydrogens (primary N) is 1. The number of rotatable bonds is 6. The number of hydrogen-bond donors (Lipinski definition) is 3. The maximum Gasteiger partial charge on any atom is 0.321 e. The molecule has 0 radical (unpaired) electrons. The van der Waals surface area contributed by atoms with Gasteiger partial charge in [0.2, 0.25) is 0 Å². The zero-order valence-electron chi connectivity index (χ0n) is 13.6. The van der Waals surface area contributed by atoms with Crippen molar-refractivity contribution in [1.29, 1.82) is 0 Å². The average Bonchev–Trinajstić information content (AvgIpc) is 2.99. The number of carbonyl (C=O) groups excluding carboxylic acids is 2. The molecule has 1 fully saturated rings. The highest BCUT2D eigenvalue weighted by molar-refractivity contribution is 5.97. The predicted octanol–water partition coefficient (Wildman–Crippen LogP) is 1.89. The lowest BCUT2D eigenvalue weighted by Gasteiger charge is -2.31. The Labute approximate surface area is 143 Å². The van der Waals surface area contributed by atoms with Crippen molar-refractivity contribution in [2.45, 2.75) is 32.2 Å². The lowest BCUT2D eigenvalue weighted by molar-refractivity contribution is 0.0895. The van der Waals surface area contributed by atoms with Crippen LogP contribution < -0.4 is 21.3 Å². The van der Waals surface area contributed by atoms with Gasteiger partial charge in [-0.05, 0) is 37.1 Å². The summed E-state index contributed by atoms with van der Waals surface area (Å²) in [6.45, 7) is 5.74. The highest BCUT2D eigenvalue weighted by Gasteiger charge is 2.27. The van der Waals surface area contributed by atoms with E-state index in [1.165, 1.54) is 0 Å². The molecule has 0 aromatic heterocycles. The van der Waals surface area contributed by atoms with Crippen molar-refractivity contribution in [2.24, 2.45) is 5.73 Å². The minimum absolute atomic E-state index is 0. The molecule has 0 saturated carbocycles. The highest BCUT2D eigenvalue weighted by atomic mass is 35.5. The van der Waals surface area contributed by atoms with Crippen molar-refractivity contribution in [1.82, 2.24) is 10.6 Å². The Morgan fingerprint density at radius 3 is 2.35 bits per heavy atom. The molecule has 6 nitrogen and oxygen atoms in total. The van der Waals surface area contributed by atoms with Gasteiger partial charge in [0.05, 0.1) is 5.54 Å². The molecule has 23 heavy (non-hydrogen) atoms. The van der Waals surface area contributed by atoms with Crippen LogP contribution in [0, 0.1) is 0 Å². The van der Waals surface area contributed by atoms with Crippen LogP contribution in [0.25, 0.3) is 0 Å². The Morgan fingerprint density at radius 2 is 1.91 bits per heavy atom. The minimum atomic E-state index is -0.357. The summed E-state index contributed by atoms with van der Waals surface area (Å²) in [7, 11) is 0. The van der Waals surface area contributed by atoms with Crippen molar-refractivity contribution in [3.05, 3.63) is 29.8 Å². The van der Waals surface area contributed by atoms with Crippen LogP contribution in [-0.2, 0) is 0 Å². The summed E-state index contributed by atoms with van der Waals surface area (Å²) in [6, 6.07) is 6.96. The van der Waals surface area contributed by atoms with E-state index >= 15 is 0 Å². The summed E-state index contributed by atoms with van der Waals surface area (Å²) >= 11 is 0. The SMILES string of the molecule is CCC(CC)(CN)NC(=O)c1ccc(N2CCNC2=O)cc1.Cl. The van der Waals surface area contributed by atoms with Crippen molar-refractivity contribution < 1.29 is 9.59 Å². The zero-order valence-corrected chi connectivity index (χ0v) is 14.4. The van der Waals surface area contributed by atoms with E-state index in [1.807, 2.05) is 13.8 Å². The number of nitrogens with zero attached hydrogens (tertiary/aromatic N) is 1. The third-order valence-electron chi connectivity index (χ3n) is 4.42. The number of carbonyl (C=O) groups is 2. The quantitative estimate of drug-likeness (QED) is 0.739. The molecule has 0 atom stereocenters. The molecule has 1 aromatic carbocycles. The molecule has 0 spiro atoms. The van der Waals surface area contributed by atoms with Gasteiger partial charge < -0.3 is 16.4 Å². The molecule has 1 aliphatic rings. The van der Waals surface area contributed by atoms with E-state index in [-0.39, 0.29) is 29.9 Å². The minimum Gasteiger partial charge on any atom is -0.345 e. The lowest BCUT2D eigenvalue weighted by Crippen LogP contribution is -2.52. The van der Waals surface area contributed by atoms with Crippen LogP contribution in [0.1, 0.15) is 37.0 Å². The summed E-state index contributed by atoms with van der Waals surface area (Å²) in [5.74, 6) is -0.133. The number of benzene rings is 1. The van der Waals surface area contributed by atoms with Crippen LogP contribution in [0.2, 0.25) is 0 Å². The molecule has 0 aliphatic carbocycles. The van der Waals surface area contributed by atoms with Gasteiger partial charge in [0, 0.05) is 30.9 Å². The molecule has 4 N–H and O–H groups in total. The van der Waals surface area contributed by atoms with Gasteiger partial charge in [0.15, 0.2) is 0 Å². The smallest absolute Gasteiger partial charge is 0.321 e. The molecule has 1 saturated heterocycles. The van der Waals surface area contributed by atoms with Gasteiger partial charge in [-0.1, -0.05) is 13.8 Å². The van der Waals surface area contributed by atoms with Gasteiger partial charge in [0.25, 0.3) is 5.91 Å². The van der Waals surface area contributed by atoms with E-state index in [0.29, 0.717) is 25.2 Å². The number of anilines is 1. The van der Waals surface area contributed by atoms with Crippen LogP contribution in [-0.4, -0.2) is 37.1 Å². The van der Waals surface area contributed by atoms with Crippen LogP contribution in [0.15, 0.2) is 24.3 Å². The molecule has 2 rings (SSSR count). The first kappa shape index (κ1) is 19.3. The van der Waals surface area contributed by atoms with Gasteiger partial charge in [-0.2, -0.15) is 0 Å². The third kappa shape index (κ3) is 4.14. The number of amides is 3. The van der Waals surface area contributed by atoms with Gasteiger partial charge in [-0.15, -0.1) is 12.4 Å². The summed E-state index contributed by atoms with van der Waals surface area (Å²) in [5.41, 5.74) is 6.82. The first-order valence-corrected chi connectivity index (χ1v) is 7.73. The van der Waals surface area contributed by atoms with Gasteiger partial charge in [-0.25, -0.2) is 4.79 Å². The molecule has 3 amide bonds. The summed E-state index contributed by atoms with van der Waals surface area (Å²) in [4.78, 5) is 25.7. The molecule has 0 unspecified atom stereocenters. The van der Waals surface area contributed by atoms with Gasteiger partial charge >= 0.3 is 6.03 Å². The second-order valence-corrected chi connectivity index (χ2v) is 5.58. The largest absolute Gasteiger partial charge is 0.345 e. The van der Waals surface area contributed by atoms with Crippen molar-refractivity contribution in [3.63, 3.8) is 0 Å². The van der Waals surface area contributed by atoms with E-state index in [4.69, 9.17) is 5.73 Å². The van der Waals surface area contributed by atoms with Crippen LogP contribution >= 0.6 is 12.4 Å². The Balaban J connectivity index is 0.00000264. The predicted molar refractivity (Wildman–Crippen MR) is 94.3 cm³/mol. The molecule has 1 aliphatic heterocycles. The third-order valence-corrected chi connectivity index (χ3v) is 4.42. The van der Waals surface area contributed by atoms with Crippen LogP contribution in [0.4, 0.5) is 10.5 Å². The number of halogens is 1. The Hall–Kier alpha value is -1.79. The molecular weight excluding hydrogens is 316 g/mol. The average molecular weight is 341 g/mol. The highest BCUT2D eigenvalue weighted by Crippen LogP contribution is 2.19. The van der Waals surface area contributed by atoms with Crippen LogP contribution in [0.3, 0.4) is 0 Å². The molecule has 1 aromatic rings. The van der Waals surface area contributed by atoms with E-state index in [1.54, 1.807) is 29.2 Å². The normalized spacial score (nSPS) is 14.2. The fourth-order valence-electron chi connectivity index (χ4n) is 2.59. The summed E-state index contributed by atoms with van der Waals surface area (Å²) in [6.07, 6.45) is 1.58. The molecule has 7 heteroatoms. The van der Waals surface area contributed by atoms with E-state index in [9.17, 15) is 9.59 Å². The van der Waals surface area contributed by atoms with Crippen molar-refractivity contribution >= 4 is 30.0 Å². The molecule has 128 valence electrons. The first-order valence-electron chi connectivity index (χ1n) is 7.73. The zero-order chi connectivity index (χ0) is 16.2. The fourth-order valence-corrected chi connectivity index (χ4v) is 2.59. The Morgan fingerprint density at radius 1 is 1.30 bits per heavy atom. The van der Waals surface area contributed by atoms with E-state index in [0.717, 1.165) is 18.5 Å². The maximum atomic E-state index is 12.4.